The van der Waals surface area contributed by atoms with Crippen LogP contribution in [0.5, 0.6) is 11.5 Å². The third kappa shape index (κ3) is 2.64. The van der Waals surface area contributed by atoms with E-state index >= 15 is 0 Å². The van der Waals surface area contributed by atoms with E-state index < -0.39 is 0 Å². The Balaban J connectivity index is 1.54. The highest BCUT2D eigenvalue weighted by molar-refractivity contribution is 7.14. The topological polar surface area (TPSA) is 78.3 Å². The second-order valence-corrected chi connectivity index (χ2v) is 5.79. The number of aromatic nitrogens is 3. The monoisotopic (exact) mass is 328 g/mol. The summed E-state index contributed by atoms with van der Waals surface area (Å²) in [5.74, 6) is 1.15. The molecule has 0 atom stereocenters. The summed E-state index contributed by atoms with van der Waals surface area (Å²) < 4.78 is 12.2. The van der Waals surface area contributed by atoms with Crippen LogP contribution < -0.4 is 14.8 Å². The van der Waals surface area contributed by atoms with Gasteiger partial charge in [-0.15, -0.1) is 11.3 Å². The Labute approximate surface area is 135 Å². The average molecular weight is 328 g/mol. The molecule has 23 heavy (non-hydrogen) atoms. The molecule has 4 rings (SSSR count). The smallest absolute Gasteiger partial charge is 0.277 e. The lowest BCUT2D eigenvalue weighted by molar-refractivity contribution is 0.102. The largest absolute Gasteiger partial charge is 0.454 e. The third-order valence-corrected chi connectivity index (χ3v) is 4.10. The molecule has 7 nitrogen and oxygen atoms in total. The second-order valence-electron chi connectivity index (χ2n) is 4.93. The van der Waals surface area contributed by atoms with Gasteiger partial charge in [0.15, 0.2) is 22.3 Å². The molecule has 1 N–H and O–H groups in total. The number of fused-ring (bicyclic) bond motifs is 1. The molecule has 116 valence electrons. The fourth-order valence-corrected chi connectivity index (χ4v) is 2.93. The fourth-order valence-electron chi connectivity index (χ4n) is 2.22. The molecule has 3 aromatic rings. The van der Waals surface area contributed by atoms with Crippen molar-refractivity contribution in [1.29, 1.82) is 0 Å². The van der Waals surface area contributed by atoms with Crippen molar-refractivity contribution >= 4 is 22.4 Å². The Morgan fingerprint density at radius 3 is 3.00 bits per heavy atom. The van der Waals surface area contributed by atoms with Gasteiger partial charge >= 0.3 is 0 Å². The van der Waals surface area contributed by atoms with E-state index in [1.54, 1.807) is 24.0 Å². The SMILES string of the molecule is Cn1ccc(C(=O)Nc2nc(-c3ccc4c(c3)OCO4)cs2)n1. The predicted octanol–water partition coefficient (Wildman–Crippen LogP) is 2.52. The molecule has 0 saturated carbocycles. The molecule has 0 radical (unpaired) electrons. The summed E-state index contributed by atoms with van der Waals surface area (Å²) in [5, 5.41) is 9.21. The first-order valence-electron chi connectivity index (χ1n) is 6.85. The zero-order valence-corrected chi connectivity index (χ0v) is 13.0. The maximum absolute atomic E-state index is 12.1. The maximum atomic E-state index is 12.1. The molecule has 2 aromatic heterocycles. The minimum atomic E-state index is -0.280. The quantitative estimate of drug-likeness (QED) is 0.799. The number of amides is 1. The summed E-state index contributed by atoms with van der Waals surface area (Å²) in [4.78, 5) is 16.5. The number of nitrogens with zero attached hydrogens (tertiary/aromatic N) is 3. The van der Waals surface area contributed by atoms with Crippen molar-refractivity contribution in [2.45, 2.75) is 0 Å². The number of carbonyl (C=O) groups excluding carboxylic acids is 1. The van der Waals surface area contributed by atoms with Gasteiger partial charge in [0.05, 0.1) is 5.69 Å². The summed E-state index contributed by atoms with van der Waals surface area (Å²) >= 11 is 1.36. The van der Waals surface area contributed by atoms with Gasteiger partial charge in [-0.1, -0.05) is 0 Å². The molecule has 0 unspecified atom stereocenters. The van der Waals surface area contributed by atoms with Gasteiger partial charge in [0, 0.05) is 24.2 Å². The predicted molar refractivity (Wildman–Crippen MR) is 84.8 cm³/mol. The first-order valence-corrected chi connectivity index (χ1v) is 7.73. The van der Waals surface area contributed by atoms with Crippen LogP contribution in [-0.2, 0) is 7.05 Å². The normalized spacial score (nSPS) is 12.4. The number of carbonyl (C=O) groups is 1. The number of anilines is 1. The zero-order valence-electron chi connectivity index (χ0n) is 12.1. The van der Waals surface area contributed by atoms with Crippen molar-refractivity contribution < 1.29 is 14.3 Å². The molecule has 0 fully saturated rings. The Kier molecular flexibility index (Phi) is 3.23. The molecule has 0 aliphatic carbocycles. The second kappa shape index (κ2) is 5.40. The van der Waals surface area contributed by atoms with Crippen molar-refractivity contribution in [2.24, 2.45) is 7.05 Å². The lowest BCUT2D eigenvalue weighted by Crippen LogP contribution is -2.12. The van der Waals surface area contributed by atoms with E-state index in [0.717, 1.165) is 17.0 Å². The lowest BCUT2D eigenvalue weighted by Gasteiger charge is -2.00. The standard InChI is InChI=1S/C15H12N4O3S/c1-19-5-4-10(18-19)14(20)17-15-16-11(7-23-15)9-2-3-12-13(6-9)22-8-21-12/h2-7H,8H2,1H3,(H,16,17,20). The molecular formula is C15H12N4O3S. The highest BCUT2D eigenvalue weighted by atomic mass is 32.1. The Morgan fingerprint density at radius 1 is 1.30 bits per heavy atom. The highest BCUT2D eigenvalue weighted by Crippen LogP contribution is 2.36. The highest BCUT2D eigenvalue weighted by Gasteiger charge is 2.16. The molecule has 3 heterocycles. The molecule has 8 heteroatoms. The van der Waals surface area contributed by atoms with Crippen LogP contribution >= 0.6 is 11.3 Å². The van der Waals surface area contributed by atoms with Crippen LogP contribution in [0.1, 0.15) is 10.5 Å². The molecule has 0 saturated heterocycles. The van der Waals surface area contributed by atoms with Gasteiger partial charge < -0.3 is 9.47 Å². The molecule has 1 aliphatic heterocycles. The Hall–Kier alpha value is -2.87. The summed E-state index contributed by atoms with van der Waals surface area (Å²) in [5.41, 5.74) is 2.03. The summed E-state index contributed by atoms with van der Waals surface area (Å²) in [7, 11) is 1.76. The van der Waals surface area contributed by atoms with Gasteiger partial charge in [-0.05, 0) is 24.3 Å². The Bertz CT molecular complexity index is 886. The number of aryl methyl sites for hydroxylation is 1. The molecule has 0 spiro atoms. The van der Waals surface area contributed by atoms with E-state index in [1.807, 2.05) is 23.6 Å². The lowest BCUT2D eigenvalue weighted by atomic mass is 10.1. The van der Waals surface area contributed by atoms with Crippen LogP contribution in [0.25, 0.3) is 11.3 Å². The van der Waals surface area contributed by atoms with Gasteiger partial charge in [-0.25, -0.2) is 4.98 Å². The van der Waals surface area contributed by atoms with E-state index in [-0.39, 0.29) is 12.7 Å². The minimum Gasteiger partial charge on any atom is -0.454 e. The van der Waals surface area contributed by atoms with Gasteiger partial charge in [-0.3, -0.25) is 14.8 Å². The van der Waals surface area contributed by atoms with Crippen LogP contribution in [-0.4, -0.2) is 27.5 Å². The van der Waals surface area contributed by atoms with Crippen LogP contribution in [0.2, 0.25) is 0 Å². The molecular weight excluding hydrogens is 316 g/mol. The number of rotatable bonds is 3. The third-order valence-electron chi connectivity index (χ3n) is 3.34. The van der Waals surface area contributed by atoms with Crippen molar-refractivity contribution in [3.8, 4) is 22.8 Å². The summed E-state index contributed by atoms with van der Waals surface area (Å²) in [6.45, 7) is 0.237. The van der Waals surface area contributed by atoms with E-state index in [9.17, 15) is 4.79 Å². The first kappa shape index (κ1) is 13.8. The van der Waals surface area contributed by atoms with Crippen molar-refractivity contribution in [1.82, 2.24) is 14.8 Å². The van der Waals surface area contributed by atoms with Gasteiger partial charge in [0.25, 0.3) is 5.91 Å². The molecule has 1 aromatic carbocycles. The summed E-state index contributed by atoms with van der Waals surface area (Å²) in [6.07, 6.45) is 1.72. The number of nitrogens with one attached hydrogen (secondary N) is 1. The van der Waals surface area contributed by atoms with Crippen LogP contribution in [0.4, 0.5) is 5.13 Å². The van der Waals surface area contributed by atoms with Gasteiger partial charge in [0.1, 0.15) is 0 Å². The number of ether oxygens (including phenoxy) is 2. The van der Waals surface area contributed by atoms with Crippen molar-refractivity contribution in [3.63, 3.8) is 0 Å². The number of benzene rings is 1. The van der Waals surface area contributed by atoms with E-state index in [1.165, 1.54) is 11.3 Å². The number of hydrogen-bond donors (Lipinski definition) is 1. The fraction of sp³-hybridized carbons (Fsp3) is 0.133. The summed E-state index contributed by atoms with van der Waals surface area (Å²) in [6, 6.07) is 7.29. The molecule has 0 bridgehead atoms. The van der Waals surface area contributed by atoms with Crippen LogP contribution in [0.3, 0.4) is 0 Å². The first-order chi connectivity index (χ1) is 11.2. The van der Waals surface area contributed by atoms with Crippen molar-refractivity contribution in [3.05, 3.63) is 41.5 Å². The maximum Gasteiger partial charge on any atom is 0.277 e. The van der Waals surface area contributed by atoms with Gasteiger partial charge in [0.2, 0.25) is 6.79 Å². The van der Waals surface area contributed by atoms with Crippen molar-refractivity contribution in [2.75, 3.05) is 12.1 Å². The van der Waals surface area contributed by atoms with Crippen LogP contribution in [0, 0.1) is 0 Å². The van der Waals surface area contributed by atoms with E-state index in [0.29, 0.717) is 16.6 Å². The Morgan fingerprint density at radius 2 is 2.17 bits per heavy atom. The molecule has 1 amide bonds. The minimum absolute atomic E-state index is 0.237. The number of thiazole rings is 1. The van der Waals surface area contributed by atoms with E-state index in [4.69, 9.17) is 9.47 Å². The molecule has 1 aliphatic rings. The number of hydrogen-bond acceptors (Lipinski definition) is 6. The van der Waals surface area contributed by atoms with Crippen LogP contribution in [0.15, 0.2) is 35.8 Å². The average Bonchev–Trinajstić information content (AvgIpc) is 3.26. The van der Waals surface area contributed by atoms with E-state index in [2.05, 4.69) is 15.4 Å². The van der Waals surface area contributed by atoms with Gasteiger partial charge in [-0.2, -0.15) is 5.10 Å². The zero-order chi connectivity index (χ0) is 15.8.